The lowest BCUT2D eigenvalue weighted by Gasteiger charge is -2.24. The number of nitrogens with zero attached hydrogens (tertiary/aromatic N) is 1. The van der Waals surface area contributed by atoms with Crippen molar-refractivity contribution >= 4 is 32.8 Å². The molecule has 1 aliphatic heterocycles. The maximum absolute atomic E-state index is 13.0. The van der Waals surface area contributed by atoms with E-state index in [1.807, 2.05) is 28.8 Å². The number of benzene rings is 2. The third-order valence-electron chi connectivity index (χ3n) is 7.09. The number of aromatic nitrogens is 1. The molecule has 5 rings (SSSR count). The van der Waals surface area contributed by atoms with Gasteiger partial charge in [-0.25, -0.2) is 13.2 Å². The van der Waals surface area contributed by atoms with Gasteiger partial charge in [-0.05, 0) is 66.3 Å². The standard InChI is InChI=1S/C27H27NO5S/c1-3-34(31,32)21-14-19-13-20(33-2)10-12-22(19)26-25(17-7-5-4-6-8-17)23-11-9-18(27(29)30)15-24(23)28(26)16-21/h3,9-15,17H,1,4-8,16H2,2H3,(H,29,30). The van der Waals surface area contributed by atoms with E-state index in [-0.39, 0.29) is 17.0 Å². The average molecular weight is 478 g/mol. The number of carboxylic acids is 1. The largest absolute Gasteiger partial charge is 0.497 e. The Bertz CT molecular complexity index is 1460. The monoisotopic (exact) mass is 477 g/mol. The third-order valence-corrected chi connectivity index (χ3v) is 8.51. The van der Waals surface area contributed by atoms with E-state index in [1.165, 1.54) is 12.0 Å². The molecule has 0 radical (unpaired) electrons. The molecular weight excluding hydrogens is 450 g/mol. The first-order valence-corrected chi connectivity index (χ1v) is 13.0. The topological polar surface area (TPSA) is 85.6 Å². The smallest absolute Gasteiger partial charge is 0.335 e. The number of carbonyl (C=O) groups is 1. The number of methoxy groups -OCH3 is 1. The quantitative estimate of drug-likeness (QED) is 0.489. The van der Waals surface area contributed by atoms with Crippen LogP contribution in [0.25, 0.3) is 28.2 Å². The normalized spacial score (nSPS) is 16.3. The number of hydrogen-bond acceptors (Lipinski definition) is 4. The van der Waals surface area contributed by atoms with E-state index in [0.29, 0.717) is 11.7 Å². The van der Waals surface area contributed by atoms with Gasteiger partial charge in [0.25, 0.3) is 0 Å². The molecule has 7 heteroatoms. The van der Waals surface area contributed by atoms with E-state index in [0.717, 1.165) is 58.8 Å². The molecule has 1 aliphatic carbocycles. The molecule has 2 heterocycles. The highest BCUT2D eigenvalue weighted by molar-refractivity contribution is 7.98. The molecule has 176 valence electrons. The molecule has 1 N–H and O–H groups in total. The predicted octanol–water partition coefficient (Wildman–Crippen LogP) is 5.98. The molecule has 0 spiro atoms. The van der Waals surface area contributed by atoms with E-state index in [1.54, 1.807) is 25.3 Å². The predicted molar refractivity (Wildman–Crippen MR) is 134 cm³/mol. The van der Waals surface area contributed by atoms with Crippen LogP contribution in [0.2, 0.25) is 0 Å². The van der Waals surface area contributed by atoms with E-state index in [2.05, 4.69) is 6.58 Å². The summed E-state index contributed by atoms with van der Waals surface area (Å²) in [6, 6.07) is 10.9. The Labute approximate surface area is 199 Å². The van der Waals surface area contributed by atoms with Crippen molar-refractivity contribution < 1.29 is 23.1 Å². The van der Waals surface area contributed by atoms with E-state index in [4.69, 9.17) is 4.74 Å². The summed E-state index contributed by atoms with van der Waals surface area (Å²) in [5, 5.41) is 11.6. The summed E-state index contributed by atoms with van der Waals surface area (Å²) in [7, 11) is -2.13. The minimum atomic E-state index is -3.71. The molecule has 34 heavy (non-hydrogen) atoms. The number of ether oxygens (including phenoxy) is 1. The summed E-state index contributed by atoms with van der Waals surface area (Å²) in [5.41, 5.74) is 4.75. The van der Waals surface area contributed by atoms with Crippen LogP contribution in [-0.4, -0.2) is 31.2 Å². The fourth-order valence-electron chi connectivity index (χ4n) is 5.43. The summed E-state index contributed by atoms with van der Waals surface area (Å²) in [6.07, 6.45) is 7.32. The second-order valence-electron chi connectivity index (χ2n) is 9.00. The van der Waals surface area contributed by atoms with Gasteiger partial charge >= 0.3 is 5.97 Å². The highest BCUT2D eigenvalue weighted by Gasteiger charge is 2.31. The molecule has 0 amide bonds. The number of aromatic carboxylic acids is 1. The molecular formula is C27H27NO5S. The zero-order valence-corrected chi connectivity index (χ0v) is 19.9. The minimum Gasteiger partial charge on any atom is -0.497 e. The highest BCUT2D eigenvalue weighted by Crippen LogP contribution is 2.47. The summed E-state index contributed by atoms with van der Waals surface area (Å²) < 4.78 is 33.4. The van der Waals surface area contributed by atoms with Crippen molar-refractivity contribution in [2.75, 3.05) is 7.11 Å². The van der Waals surface area contributed by atoms with Crippen LogP contribution in [0.1, 0.15) is 59.5 Å². The molecule has 1 fully saturated rings. The Balaban J connectivity index is 1.89. The number of hydrogen-bond donors (Lipinski definition) is 1. The molecule has 0 saturated heterocycles. The van der Waals surface area contributed by atoms with Crippen molar-refractivity contribution in [1.29, 1.82) is 0 Å². The molecule has 0 bridgehead atoms. The maximum atomic E-state index is 13.0. The zero-order chi connectivity index (χ0) is 24.0. The first-order chi connectivity index (χ1) is 16.3. The Hall–Kier alpha value is -3.32. The van der Waals surface area contributed by atoms with Crippen molar-refractivity contribution in [2.45, 2.75) is 44.6 Å². The zero-order valence-electron chi connectivity index (χ0n) is 19.1. The van der Waals surface area contributed by atoms with Gasteiger partial charge in [0.2, 0.25) is 0 Å². The fourth-order valence-corrected chi connectivity index (χ4v) is 6.24. The molecule has 1 saturated carbocycles. The van der Waals surface area contributed by atoms with E-state index < -0.39 is 15.8 Å². The first-order valence-electron chi connectivity index (χ1n) is 11.5. The Morgan fingerprint density at radius 1 is 1.15 bits per heavy atom. The van der Waals surface area contributed by atoms with Gasteiger partial charge < -0.3 is 14.4 Å². The summed E-state index contributed by atoms with van der Waals surface area (Å²) in [4.78, 5) is 12.0. The maximum Gasteiger partial charge on any atom is 0.335 e. The van der Waals surface area contributed by atoms with Gasteiger partial charge in [-0.2, -0.15) is 0 Å². The number of rotatable bonds is 5. The third kappa shape index (κ3) is 3.64. The lowest BCUT2D eigenvalue weighted by molar-refractivity contribution is 0.0697. The molecule has 0 atom stereocenters. The van der Waals surface area contributed by atoms with Gasteiger partial charge in [0, 0.05) is 21.9 Å². The fraction of sp³-hybridized carbons (Fsp3) is 0.296. The van der Waals surface area contributed by atoms with Crippen LogP contribution in [0.3, 0.4) is 0 Å². The lowest BCUT2D eigenvalue weighted by atomic mass is 9.81. The molecule has 2 aliphatic rings. The molecule has 0 unspecified atom stereocenters. The van der Waals surface area contributed by atoms with Crippen molar-refractivity contribution in [3.05, 3.63) is 70.0 Å². The SMILES string of the molecule is C=CS(=O)(=O)C1=Cc2cc(OC)ccc2-c2c(C3CCCCC3)c3ccc(C(=O)O)cc3n2C1. The second-order valence-corrected chi connectivity index (χ2v) is 10.9. The number of carboxylic acid groups (broad SMARTS) is 1. The number of allylic oxidation sites excluding steroid dienone is 1. The second kappa shape index (κ2) is 8.47. The van der Waals surface area contributed by atoms with Crippen LogP contribution in [0.4, 0.5) is 0 Å². The van der Waals surface area contributed by atoms with Gasteiger partial charge in [0.15, 0.2) is 9.84 Å². The molecule has 2 aromatic carbocycles. The van der Waals surface area contributed by atoms with Crippen LogP contribution >= 0.6 is 0 Å². The molecule has 3 aromatic rings. The van der Waals surface area contributed by atoms with E-state index in [9.17, 15) is 18.3 Å². The Kier molecular flexibility index (Phi) is 5.60. The van der Waals surface area contributed by atoms with Crippen molar-refractivity contribution in [3.63, 3.8) is 0 Å². The van der Waals surface area contributed by atoms with Gasteiger partial charge in [-0.1, -0.05) is 31.9 Å². The minimum absolute atomic E-state index is 0.104. The van der Waals surface area contributed by atoms with Crippen LogP contribution < -0.4 is 4.74 Å². The van der Waals surface area contributed by atoms with Crippen LogP contribution in [0.5, 0.6) is 5.75 Å². The number of fused-ring (bicyclic) bond motifs is 5. The van der Waals surface area contributed by atoms with Gasteiger partial charge in [-0.3, -0.25) is 0 Å². The van der Waals surface area contributed by atoms with Gasteiger partial charge in [0.05, 0.1) is 29.8 Å². The number of sulfone groups is 1. The van der Waals surface area contributed by atoms with Gasteiger partial charge in [0.1, 0.15) is 5.75 Å². The lowest BCUT2D eigenvalue weighted by Crippen LogP contribution is -2.09. The summed E-state index contributed by atoms with van der Waals surface area (Å²) in [6.45, 7) is 3.63. The van der Waals surface area contributed by atoms with Crippen molar-refractivity contribution in [1.82, 2.24) is 4.57 Å². The Morgan fingerprint density at radius 3 is 2.59 bits per heavy atom. The molecule has 1 aromatic heterocycles. The van der Waals surface area contributed by atoms with Gasteiger partial charge in [-0.15, -0.1) is 0 Å². The average Bonchev–Trinajstić information content (AvgIpc) is 3.06. The molecule has 6 nitrogen and oxygen atoms in total. The van der Waals surface area contributed by atoms with Crippen molar-refractivity contribution in [3.8, 4) is 17.0 Å². The first kappa shape index (κ1) is 22.5. The van der Waals surface area contributed by atoms with Crippen LogP contribution in [0.15, 0.2) is 53.3 Å². The van der Waals surface area contributed by atoms with Crippen LogP contribution in [0, 0.1) is 0 Å². The summed E-state index contributed by atoms with van der Waals surface area (Å²) >= 11 is 0. The van der Waals surface area contributed by atoms with Crippen LogP contribution in [-0.2, 0) is 16.4 Å². The van der Waals surface area contributed by atoms with Crippen molar-refractivity contribution in [2.24, 2.45) is 0 Å². The van der Waals surface area contributed by atoms with E-state index >= 15 is 0 Å². The summed E-state index contributed by atoms with van der Waals surface area (Å²) in [5.74, 6) is -0.0390. The highest BCUT2D eigenvalue weighted by atomic mass is 32.2. The Morgan fingerprint density at radius 2 is 1.91 bits per heavy atom.